The fraction of sp³-hybridized carbons (Fsp3) is 0.478. The molecule has 3 nitrogen and oxygen atoms in total. The Balaban J connectivity index is 1.69. The molecule has 2 atom stereocenters. The fourth-order valence-corrected chi connectivity index (χ4v) is 4.06. The van der Waals surface area contributed by atoms with E-state index in [1.165, 1.54) is 11.1 Å². The number of nitrogens with zero attached hydrogens (tertiary/aromatic N) is 1. The van der Waals surface area contributed by atoms with Crippen LogP contribution >= 0.6 is 0 Å². The molecule has 3 heteroatoms. The first kappa shape index (κ1) is 19.1. The Labute approximate surface area is 157 Å². The van der Waals surface area contributed by atoms with E-state index in [9.17, 15) is 5.11 Å². The molecule has 0 aliphatic carbocycles. The topological polar surface area (TPSA) is 32.7 Å². The van der Waals surface area contributed by atoms with Crippen molar-refractivity contribution in [2.24, 2.45) is 11.8 Å². The van der Waals surface area contributed by atoms with E-state index in [0.717, 1.165) is 45.7 Å². The van der Waals surface area contributed by atoms with E-state index >= 15 is 0 Å². The average Bonchev–Trinajstić information content (AvgIpc) is 2.67. The van der Waals surface area contributed by atoms with Crippen molar-refractivity contribution in [1.29, 1.82) is 0 Å². The predicted octanol–water partition coefficient (Wildman–Crippen LogP) is 3.42. The molecule has 1 saturated heterocycles. The van der Waals surface area contributed by atoms with Crippen LogP contribution in [0.4, 0.5) is 0 Å². The monoisotopic (exact) mass is 353 g/mol. The third-order valence-electron chi connectivity index (χ3n) is 5.39. The maximum Gasteiger partial charge on any atom is 0.0627 e. The molecule has 1 aliphatic rings. The van der Waals surface area contributed by atoms with Gasteiger partial charge in [0.05, 0.1) is 12.7 Å². The van der Waals surface area contributed by atoms with Crippen LogP contribution in [-0.2, 0) is 17.6 Å². The molecule has 3 rings (SSSR count). The Hall–Kier alpha value is -1.68. The summed E-state index contributed by atoms with van der Waals surface area (Å²) in [6.07, 6.45) is 1.59. The Kier molecular flexibility index (Phi) is 7.24. The highest BCUT2D eigenvalue weighted by atomic mass is 16.5. The Morgan fingerprint density at radius 2 is 1.38 bits per heavy atom. The summed E-state index contributed by atoms with van der Waals surface area (Å²) >= 11 is 0. The molecule has 0 bridgehead atoms. The summed E-state index contributed by atoms with van der Waals surface area (Å²) in [6, 6.07) is 21.1. The summed E-state index contributed by atoms with van der Waals surface area (Å²) in [5.41, 5.74) is 2.61. The molecular formula is C23H31NO2. The molecule has 0 radical (unpaired) electrons. The molecule has 0 amide bonds. The summed E-state index contributed by atoms with van der Waals surface area (Å²) in [5, 5.41) is 11.1. The van der Waals surface area contributed by atoms with Gasteiger partial charge in [-0.05, 0) is 30.9 Å². The van der Waals surface area contributed by atoms with E-state index in [2.05, 4.69) is 53.4 Å². The van der Waals surface area contributed by atoms with Crippen molar-refractivity contribution in [2.75, 3.05) is 32.8 Å². The van der Waals surface area contributed by atoms with Gasteiger partial charge >= 0.3 is 0 Å². The Morgan fingerprint density at radius 1 is 0.885 bits per heavy atom. The van der Waals surface area contributed by atoms with Gasteiger partial charge < -0.3 is 14.7 Å². The molecule has 2 unspecified atom stereocenters. The largest absolute Gasteiger partial charge is 0.392 e. The minimum Gasteiger partial charge on any atom is -0.392 e. The standard InChI is InChI=1S/C23H31NO2/c1-2-26-14-13-24-17-21(15-19-9-5-3-6-10-19)23(25)22(18-24)16-20-11-7-4-8-12-20/h3-12,21-23,25H,2,13-18H2,1H3. The van der Waals surface area contributed by atoms with E-state index < -0.39 is 0 Å². The lowest BCUT2D eigenvalue weighted by Gasteiger charge is -2.42. The second kappa shape index (κ2) is 9.86. The van der Waals surface area contributed by atoms with E-state index in [1.54, 1.807) is 0 Å². The molecule has 1 N–H and O–H groups in total. The van der Waals surface area contributed by atoms with Crippen molar-refractivity contribution >= 4 is 0 Å². The maximum atomic E-state index is 11.1. The lowest BCUT2D eigenvalue weighted by Crippen LogP contribution is -2.51. The molecule has 2 aromatic rings. The number of benzene rings is 2. The highest BCUT2D eigenvalue weighted by Crippen LogP contribution is 2.28. The van der Waals surface area contributed by atoms with Crippen LogP contribution < -0.4 is 0 Å². The lowest BCUT2D eigenvalue weighted by molar-refractivity contribution is -0.0290. The molecule has 0 saturated carbocycles. The minimum absolute atomic E-state index is 0.265. The fourth-order valence-electron chi connectivity index (χ4n) is 4.06. The second-order valence-corrected chi connectivity index (χ2v) is 7.35. The molecule has 26 heavy (non-hydrogen) atoms. The number of hydrogen-bond acceptors (Lipinski definition) is 3. The van der Waals surface area contributed by atoms with Crippen LogP contribution in [0.1, 0.15) is 18.1 Å². The minimum atomic E-state index is -0.265. The van der Waals surface area contributed by atoms with Gasteiger partial charge in [-0.3, -0.25) is 0 Å². The molecule has 1 heterocycles. The first-order valence-electron chi connectivity index (χ1n) is 9.82. The van der Waals surface area contributed by atoms with E-state index in [1.807, 2.05) is 19.1 Å². The number of likely N-dealkylation sites (tertiary alicyclic amines) is 1. The van der Waals surface area contributed by atoms with Gasteiger partial charge in [0.1, 0.15) is 0 Å². The normalized spacial score (nSPS) is 23.8. The first-order valence-corrected chi connectivity index (χ1v) is 9.82. The van der Waals surface area contributed by atoms with Gasteiger partial charge in [0.2, 0.25) is 0 Å². The van der Waals surface area contributed by atoms with Gasteiger partial charge in [0, 0.05) is 38.1 Å². The van der Waals surface area contributed by atoms with Crippen molar-refractivity contribution < 1.29 is 9.84 Å². The summed E-state index contributed by atoms with van der Waals surface area (Å²) in [4.78, 5) is 2.48. The van der Waals surface area contributed by atoms with Gasteiger partial charge in [-0.2, -0.15) is 0 Å². The van der Waals surface area contributed by atoms with E-state index in [4.69, 9.17) is 4.74 Å². The van der Waals surface area contributed by atoms with Crippen LogP contribution in [0.2, 0.25) is 0 Å². The highest BCUT2D eigenvalue weighted by molar-refractivity contribution is 5.18. The molecule has 140 valence electrons. The highest BCUT2D eigenvalue weighted by Gasteiger charge is 2.35. The summed E-state index contributed by atoms with van der Waals surface area (Å²) in [6.45, 7) is 6.39. The number of rotatable bonds is 8. The van der Waals surface area contributed by atoms with E-state index in [0.29, 0.717) is 0 Å². The maximum absolute atomic E-state index is 11.1. The van der Waals surface area contributed by atoms with Crippen LogP contribution in [0.25, 0.3) is 0 Å². The van der Waals surface area contributed by atoms with Gasteiger partial charge in [-0.25, -0.2) is 0 Å². The van der Waals surface area contributed by atoms with E-state index in [-0.39, 0.29) is 17.9 Å². The van der Waals surface area contributed by atoms with Gasteiger partial charge in [0.25, 0.3) is 0 Å². The molecule has 0 aromatic heterocycles. The summed E-state index contributed by atoms with van der Waals surface area (Å²) in [7, 11) is 0. The predicted molar refractivity (Wildman–Crippen MR) is 106 cm³/mol. The third kappa shape index (κ3) is 5.41. The number of aliphatic hydroxyl groups is 1. The van der Waals surface area contributed by atoms with Crippen LogP contribution in [0.15, 0.2) is 60.7 Å². The third-order valence-corrected chi connectivity index (χ3v) is 5.39. The van der Waals surface area contributed by atoms with Crippen LogP contribution in [0, 0.1) is 11.8 Å². The van der Waals surface area contributed by atoms with Crippen molar-refractivity contribution in [1.82, 2.24) is 4.90 Å². The number of aliphatic hydroxyl groups excluding tert-OH is 1. The molecule has 0 spiro atoms. The average molecular weight is 354 g/mol. The van der Waals surface area contributed by atoms with Gasteiger partial charge in [-0.15, -0.1) is 0 Å². The smallest absolute Gasteiger partial charge is 0.0627 e. The van der Waals surface area contributed by atoms with Crippen LogP contribution in [0.5, 0.6) is 0 Å². The van der Waals surface area contributed by atoms with Crippen molar-refractivity contribution in [2.45, 2.75) is 25.9 Å². The molecule has 2 aromatic carbocycles. The van der Waals surface area contributed by atoms with Crippen molar-refractivity contribution in [3.63, 3.8) is 0 Å². The Morgan fingerprint density at radius 3 is 1.85 bits per heavy atom. The number of ether oxygens (including phenoxy) is 1. The molecular weight excluding hydrogens is 322 g/mol. The SMILES string of the molecule is CCOCCN1CC(Cc2ccccc2)C(O)C(Cc2ccccc2)C1. The second-order valence-electron chi connectivity index (χ2n) is 7.35. The lowest BCUT2D eigenvalue weighted by atomic mass is 9.79. The van der Waals surface area contributed by atoms with Gasteiger partial charge in [0.15, 0.2) is 0 Å². The number of piperidine rings is 1. The zero-order valence-electron chi connectivity index (χ0n) is 15.8. The molecule has 1 fully saturated rings. The number of hydrogen-bond donors (Lipinski definition) is 1. The Bertz CT molecular complexity index is 580. The zero-order chi connectivity index (χ0) is 18.2. The zero-order valence-corrected chi connectivity index (χ0v) is 15.8. The first-order chi connectivity index (χ1) is 12.8. The summed E-state index contributed by atoms with van der Waals surface area (Å²) in [5.74, 6) is 0.531. The van der Waals surface area contributed by atoms with Gasteiger partial charge in [-0.1, -0.05) is 60.7 Å². The van der Waals surface area contributed by atoms with Crippen LogP contribution in [-0.4, -0.2) is 49.0 Å². The van der Waals surface area contributed by atoms with Crippen molar-refractivity contribution in [3.8, 4) is 0 Å². The quantitative estimate of drug-likeness (QED) is 0.738. The van der Waals surface area contributed by atoms with Crippen molar-refractivity contribution in [3.05, 3.63) is 71.8 Å². The molecule has 1 aliphatic heterocycles. The summed E-state index contributed by atoms with van der Waals surface area (Å²) < 4.78 is 5.57. The van der Waals surface area contributed by atoms with Crippen LogP contribution in [0.3, 0.4) is 0 Å².